The average molecular weight is 235 g/mol. The van der Waals surface area contributed by atoms with Gasteiger partial charge >= 0.3 is 0 Å². The standard InChI is InChI=1S/C10H10FN5O/c1-10(2)9-13-14-15-16(9)7-4-6(12)5(11)3-8(7)17-10/h3-4H,12H2,1-2H3. The smallest absolute Gasteiger partial charge is 0.199 e. The lowest BCUT2D eigenvalue weighted by atomic mass is 10.1. The number of aromatic nitrogens is 4. The number of anilines is 1. The van der Waals surface area contributed by atoms with Crippen molar-refractivity contribution in [3.05, 3.63) is 23.8 Å². The second-order valence-electron chi connectivity index (χ2n) is 4.37. The first kappa shape index (κ1) is 10.0. The number of hydrogen-bond donors (Lipinski definition) is 1. The monoisotopic (exact) mass is 235 g/mol. The summed E-state index contributed by atoms with van der Waals surface area (Å²) in [4.78, 5) is 0. The molecule has 0 aliphatic carbocycles. The molecule has 0 saturated carbocycles. The molecule has 0 saturated heterocycles. The fourth-order valence-electron chi connectivity index (χ4n) is 1.85. The van der Waals surface area contributed by atoms with E-state index in [4.69, 9.17) is 10.5 Å². The number of ether oxygens (including phenoxy) is 1. The van der Waals surface area contributed by atoms with E-state index in [-0.39, 0.29) is 5.69 Å². The highest BCUT2D eigenvalue weighted by atomic mass is 19.1. The zero-order valence-corrected chi connectivity index (χ0v) is 9.31. The average Bonchev–Trinajstić information content (AvgIpc) is 2.71. The summed E-state index contributed by atoms with van der Waals surface area (Å²) in [6.45, 7) is 3.62. The third kappa shape index (κ3) is 1.28. The number of rotatable bonds is 0. The van der Waals surface area contributed by atoms with Crippen LogP contribution < -0.4 is 10.5 Å². The lowest BCUT2D eigenvalue weighted by molar-refractivity contribution is 0.0849. The van der Waals surface area contributed by atoms with Gasteiger partial charge in [-0.15, -0.1) is 5.10 Å². The second-order valence-corrected chi connectivity index (χ2v) is 4.37. The summed E-state index contributed by atoms with van der Waals surface area (Å²) >= 11 is 0. The predicted molar refractivity (Wildman–Crippen MR) is 57.2 cm³/mol. The van der Waals surface area contributed by atoms with Crippen molar-refractivity contribution in [1.82, 2.24) is 20.2 Å². The number of fused-ring (bicyclic) bond motifs is 3. The van der Waals surface area contributed by atoms with Crippen molar-refractivity contribution < 1.29 is 9.13 Å². The zero-order chi connectivity index (χ0) is 12.2. The van der Waals surface area contributed by atoms with Crippen LogP contribution in [0.25, 0.3) is 5.69 Å². The number of nitrogens with two attached hydrogens (primary N) is 1. The fourth-order valence-corrected chi connectivity index (χ4v) is 1.85. The molecule has 1 aromatic heterocycles. The molecule has 2 heterocycles. The van der Waals surface area contributed by atoms with Gasteiger partial charge in [0.2, 0.25) is 0 Å². The predicted octanol–water partition coefficient (Wildman–Crippen LogP) is 1.01. The van der Waals surface area contributed by atoms with E-state index in [0.29, 0.717) is 17.3 Å². The molecule has 0 radical (unpaired) electrons. The highest BCUT2D eigenvalue weighted by molar-refractivity contribution is 5.58. The highest BCUT2D eigenvalue weighted by Crippen LogP contribution is 2.38. The molecule has 3 rings (SSSR count). The number of hydrogen-bond acceptors (Lipinski definition) is 5. The van der Waals surface area contributed by atoms with Crippen LogP contribution >= 0.6 is 0 Å². The minimum absolute atomic E-state index is 0.0357. The summed E-state index contributed by atoms with van der Waals surface area (Å²) in [6, 6.07) is 2.71. The largest absolute Gasteiger partial charge is 0.477 e. The zero-order valence-electron chi connectivity index (χ0n) is 9.31. The summed E-state index contributed by atoms with van der Waals surface area (Å²) in [5.74, 6) is 0.411. The van der Waals surface area contributed by atoms with E-state index in [2.05, 4.69) is 15.5 Å². The summed E-state index contributed by atoms with van der Waals surface area (Å²) in [6.07, 6.45) is 0. The maximum Gasteiger partial charge on any atom is 0.199 e. The summed E-state index contributed by atoms with van der Waals surface area (Å²) in [7, 11) is 0. The Kier molecular flexibility index (Phi) is 1.73. The van der Waals surface area contributed by atoms with E-state index in [1.165, 1.54) is 16.8 Å². The van der Waals surface area contributed by atoms with Gasteiger partial charge in [-0.1, -0.05) is 0 Å². The molecule has 0 atom stereocenters. The van der Waals surface area contributed by atoms with Crippen LogP contribution in [0, 0.1) is 5.82 Å². The van der Waals surface area contributed by atoms with Crippen LogP contribution in [-0.4, -0.2) is 20.2 Å². The molecule has 0 bridgehead atoms. The van der Waals surface area contributed by atoms with Gasteiger partial charge in [0.1, 0.15) is 17.3 Å². The SMILES string of the molecule is CC1(C)Oc2cc(F)c(N)cc2-n2nnnc21. The molecule has 17 heavy (non-hydrogen) atoms. The summed E-state index contributed by atoms with van der Waals surface area (Å²) < 4.78 is 20.6. The van der Waals surface area contributed by atoms with Crippen LogP contribution in [0.2, 0.25) is 0 Å². The van der Waals surface area contributed by atoms with Gasteiger partial charge in [0.15, 0.2) is 11.4 Å². The van der Waals surface area contributed by atoms with Gasteiger partial charge in [0.05, 0.1) is 5.69 Å². The molecule has 0 spiro atoms. The van der Waals surface area contributed by atoms with Gasteiger partial charge in [-0.2, -0.15) is 4.68 Å². The molecule has 1 aliphatic heterocycles. The second kappa shape index (κ2) is 2.93. The Balaban J connectivity index is 2.31. The van der Waals surface area contributed by atoms with E-state index in [0.717, 1.165) is 0 Å². The molecular formula is C10H10FN5O. The van der Waals surface area contributed by atoms with Crippen molar-refractivity contribution >= 4 is 5.69 Å². The first-order chi connectivity index (χ1) is 7.99. The number of nitrogens with zero attached hydrogens (tertiary/aromatic N) is 4. The number of benzene rings is 1. The molecule has 6 nitrogen and oxygen atoms in total. The molecule has 1 aliphatic rings. The van der Waals surface area contributed by atoms with E-state index in [1.807, 2.05) is 13.8 Å². The maximum absolute atomic E-state index is 13.4. The van der Waals surface area contributed by atoms with Crippen LogP contribution in [0.15, 0.2) is 12.1 Å². The fraction of sp³-hybridized carbons (Fsp3) is 0.300. The first-order valence-electron chi connectivity index (χ1n) is 5.06. The quantitative estimate of drug-likeness (QED) is 0.689. The van der Waals surface area contributed by atoms with Crippen molar-refractivity contribution in [3.8, 4) is 11.4 Å². The van der Waals surface area contributed by atoms with Gasteiger partial charge in [-0.25, -0.2) is 4.39 Å². The number of tetrazole rings is 1. The van der Waals surface area contributed by atoms with Crippen molar-refractivity contribution in [2.75, 3.05) is 5.73 Å². The molecule has 0 unspecified atom stereocenters. The van der Waals surface area contributed by atoms with Crippen molar-refractivity contribution in [2.45, 2.75) is 19.4 Å². The van der Waals surface area contributed by atoms with Crippen LogP contribution in [0.5, 0.6) is 5.75 Å². The Morgan fingerprint density at radius 3 is 2.94 bits per heavy atom. The minimum Gasteiger partial charge on any atom is -0.477 e. The number of halogens is 1. The molecule has 1 aromatic carbocycles. The molecule has 2 aromatic rings. The molecule has 0 amide bonds. The van der Waals surface area contributed by atoms with E-state index in [1.54, 1.807) is 0 Å². The molecule has 88 valence electrons. The van der Waals surface area contributed by atoms with E-state index in [9.17, 15) is 4.39 Å². The minimum atomic E-state index is -0.709. The third-order valence-electron chi connectivity index (χ3n) is 2.68. The van der Waals surface area contributed by atoms with Crippen molar-refractivity contribution in [1.29, 1.82) is 0 Å². The summed E-state index contributed by atoms with van der Waals surface area (Å²) in [5.41, 5.74) is 5.40. The van der Waals surface area contributed by atoms with Crippen molar-refractivity contribution in [2.24, 2.45) is 0 Å². The molecular weight excluding hydrogens is 225 g/mol. The maximum atomic E-state index is 13.4. The van der Waals surface area contributed by atoms with Gasteiger partial charge in [-0.3, -0.25) is 0 Å². The van der Waals surface area contributed by atoms with E-state index < -0.39 is 11.4 Å². The lowest BCUT2D eigenvalue weighted by Gasteiger charge is -2.31. The Bertz CT molecular complexity index is 607. The third-order valence-corrected chi connectivity index (χ3v) is 2.68. The molecule has 7 heteroatoms. The van der Waals surface area contributed by atoms with Crippen LogP contribution in [0.1, 0.15) is 19.7 Å². The summed E-state index contributed by atoms with van der Waals surface area (Å²) in [5, 5.41) is 11.4. The molecule has 0 fully saturated rings. The Hall–Kier alpha value is -2.18. The lowest BCUT2D eigenvalue weighted by Crippen LogP contribution is -2.33. The number of nitrogen functional groups attached to an aromatic ring is 1. The van der Waals surface area contributed by atoms with Gasteiger partial charge in [0, 0.05) is 6.07 Å². The van der Waals surface area contributed by atoms with Crippen molar-refractivity contribution in [3.63, 3.8) is 0 Å². The highest BCUT2D eigenvalue weighted by Gasteiger charge is 2.36. The van der Waals surface area contributed by atoms with Gasteiger partial charge < -0.3 is 10.5 Å². The van der Waals surface area contributed by atoms with Gasteiger partial charge in [0.25, 0.3) is 0 Å². The topological polar surface area (TPSA) is 78.9 Å². The van der Waals surface area contributed by atoms with Crippen LogP contribution in [-0.2, 0) is 5.60 Å². The molecule has 2 N–H and O–H groups in total. The Morgan fingerprint density at radius 2 is 2.18 bits per heavy atom. The Morgan fingerprint density at radius 1 is 1.41 bits per heavy atom. The van der Waals surface area contributed by atoms with Crippen LogP contribution in [0.4, 0.5) is 10.1 Å². The van der Waals surface area contributed by atoms with Gasteiger partial charge in [-0.05, 0) is 30.3 Å². The normalized spacial score (nSPS) is 15.9. The Labute approximate surface area is 96.2 Å². The van der Waals surface area contributed by atoms with E-state index >= 15 is 0 Å². The van der Waals surface area contributed by atoms with Crippen LogP contribution in [0.3, 0.4) is 0 Å². The first-order valence-corrected chi connectivity index (χ1v) is 5.06.